The first-order chi connectivity index (χ1) is 7.28. The Hall–Kier alpha value is -1.36. The van der Waals surface area contributed by atoms with E-state index in [1.165, 1.54) is 34.0 Å². The molecular formula is C11H16O5. The van der Waals surface area contributed by atoms with Crippen LogP contribution < -0.4 is 0 Å². The highest BCUT2D eigenvalue weighted by Crippen LogP contribution is 2.36. The van der Waals surface area contributed by atoms with E-state index >= 15 is 0 Å². The van der Waals surface area contributed by atoms with Gasteiger partial charge < -0.3 is 14.2 Å². The first-order valence-corrected chi connectivity index (χ1v) is 4.90. The number of carbonyl (C=O) groups excluding carboxylic acids is 2. The standard InChI is InChI=1S/C11H16O5/c1-6-7(14-5)11(4)8(12)15-10(2,3)16-9(11)13/h6-7H,1H2,2-5H3. The van der Waals surface area contributed by atoms with Gasteiger partial charge in [-0.05, 0) is 6.92 Å². The number of cyclic esters (lactones) is 2. The molecule has 0 bridgehead atoms. The van der Waals surface area contributed by atoms with Gasteiger partial charge in [0.05, 0.1) is 0 Å². The van der Waals surface area contributed by atoms with Gasteiger partial charge in [-0.2, -0.15) is 0 Å². The Morgan fingerprint density at radius 1 is 1.25 bits per heavy atom. The average molecular weight is 228 g/mol. The van der Waals surface area contributed by atoms with Crippen molar-refractivity contribution in [1.29, 1.82) is 0 Å². The van der Waals surface area contributed by atoms with Crippen LogP contribution in [0.1, 0.15) is 20.8 Å². The third-order valence-electron chi connectivity index (χ3n) is 2.56. The van der Waals surface area contributed by atoms with E-state index in [1.807, 2.05) is 0 Å². The maximum Gasteiger partial charge on any atom is 0.329 e. The van der Waals surface area contributed by atoms with Gasteiger partial charge in [0.2, 0.25) is 0 Å². The van der Waals surface area contributed by atoms with Crippen molar-refractivity contribution in [1.82, 2.24) is 0 Å². The lowest BCUT2D eigenvalue weighted by Crippen LogP contribution is -2.57. The minimum absolute atomic E-state index is 0.666. The highest BCUT2D eigenvalue weighted by Gasteiger charge is 2.57. The molecule has 0 spiro atoms. The highest BCUT2D eigenvalue weighted by molar-refractivity contribution is 6.02. The van der Waals surface area contributed by atoms with Gasteiger partial charge in [-0.15, -0.1) is 6.58 Å². The zero-order valence-electron chi connectivity index (χ0n) is 9.90. The van der Waals surface area contributed by atoms with Gasteiger partial charge in [0.1, 0.15) is 6.10 Å². The molecule has 0 aromatic rings. The molecule has 16 heavy (non-hydrogen) atoms. The summed E-state index contributed by atoms with van der Waals surface area (Å²) in [5, 5.41) is 0. The molecule has 1 heterocycles. The number of carbonyl (C=O) groups is 2. The Morgan fingerprint density at radius 3 is 2.00 bits per heavy atom. The van der Waals surface area contributed by atoms with Gasteiger partial charge in [0.15, 0.2) is 5.41 Å². The van der Waals surface area contributed by atoms with Crippen molar-refractivity contribution < 1.29 is 23.8 Å². The van der Waals surface area contributed by atoms with Crippen LogP contribution in [0.25, 0.3) is 0 Å². The van der Waals surface area contributed by atoms with Crippen molar-refractivity contribution in [2.75, 3.05) is 7.11 Å². The highest BCUT2D eigenvalue weighted by atomic mass is 16.7. The first-order valence-electron chi connectivity index (χ1n) is 4.90. The molecule has 0 radical (unpaired) electrons. The van der Waals surface area contributed by atoms with E-state index in [0.29, 0.717) is 0 Å². The van der Waals surface area contributed by atoms with E-state index in [2.05, 4.69) is 6.58 Å². The van der Waals surface area contributed by atoms with Gasteiger partial charge in [0.25, 0.3) is 5.79 Å². The summed E-state index contributed by atoms with van der Waals surface area (Å²) in [4.78, 5) is 23.7. The van der Waals surface area contributed by atoms with Crippen LogP contribution in [-0.2, 0) is 23.8 Å². The van der Waals surface area contributed by atoms with Crippen molar-refractivity contribution >= 4 is 11.9 Å². The maximum atomic E-state index is 11.9. The lowest BCUT2D eigenvalue weighted by Gasteiger charge is -2.40. The summed E-state index contributed by atoms with van der Waals surface area (Å²) in [7, 11) is 1.39. The monoisotopic (exact) mass is 228 g/mol. The molecule has 0 N–H and O–H groups in total. The fourth-order valence-corrected chi connectivity index (χ4v) is 1.56. The molecule has 0 aromatic heterocycles. The Labute approximate surface area is 94.4 Å². The second-order valence-electron chi connectivity index (χ2n) is 4.27. The van der Waals surface area contributed by atoms with E-state index in [-0.39, 0.29) is 0 Å². The third kappa shape index (κ3) is 1.82. The molecule has 5 nitrogen and oxygen atoms in total. The fraction of sp³-hybridized carbons (Fsp3) is 0.636. The summed E-state index contributed by atoms with van der Waals surface area (Å²) in [5.41, 5.74) is -1.49. The summed E-state index contributed by atoms with van der Waals surface area (Å²) >= 11 is 0. The van der Waals surface area contributed by atoms with Crippen LogP contribution in [-0.4, -0.2) is 30.9 Å². The molecule has 1 rings (SSSR count). The lowest BCUT2D eigenvalue weighted by molar-refractivity contribution is -0.255. The Balaban J connectivity index is 3.09. The summed E-state index contributed by atoms with van der Waals surface area (Å²) in [6.07, 6.45) is 0.601. The predicted molar refractivity (Wildman–Crippen MR) is 55.4 cm³/mol. The van der Waals surface area contributed by atoms with Gasteiger partial charge in [0, 0.05) is 21.0 Å². The maximum absolute atomic E-state index is 11.9. The van der Waals surface area contributed by atoms with Crippen molar-refractivity contribution in [3.63, 3.8) is 0 Å². The number of methoxy groups -OCH3 is 1. The Kier molecular flexibility index (Phi) is 3.10. The van der Waals surface area contributed by atoms with Crippen LogP contribution in [0.2, 0.25) is 0 Å². The largest absolute Gasteiger partial charge is 0.422 e. The van der Waals surface area contributed by atoms with E-state index in [1.54, 1.807) is 0 Å². The SMILES string of the molecule is C=CC(OC)C1(C)C(=O)OC(C)(C)OC1=O. The van der Waals surface area contributed by atoms with Gasteiger partial charge in [-0.1, -0.05) is 6.08 Å². The topological polar surface area (TPSA) is 61.8 Å². The van der Waals surface area contributed by atoms with Crippen LogP contribution >= 0.6 is 0 Å². The number of esters is 2. The van der Waals surface area contributed by atoms with Crippen LogP contribution in [0.15, 0.2) is 12.7 Å². The summed E-state index contributed by atoms with van der Waals surface area (Å²) in [6, 6.07) is 0. The van der Waals surface area contributed by atoms with Crippen LogP contribution in [0.3, 0.4) is 0 Å². The Bertz CT molecular complexity index is 311. The molecule has 1 unspecified atom stereocenters. The van der Waals surface area contributed by atoms with Crippen LogP contribution in [0.4, 0.5) is 0 Å². The first kappa shape index (κ1) is 12.7. The smallest absolute Gasteiger partial charge is 0.329 e. The average Bonchev–Trinajstić information content (AvgIpc) is 2.15. The van der Waals surface area contributed by atoms with E-state index in [9.17, 15) is 9.59 Å². The van der Waals surface area contributed by atoms with E-state index < -0.39 is 29.2 Å². The molecule has 0 saturated carbocycles. The predicted octanol–water partition coefficient (Wildman–Crippen LogP) is 1.03. The lowest BCUT2D eigenvalue weighted by atomic mass is 9.83. The third-order valence-corrected chi connectivity index (χ3v) is 2.56. The molecule has 1 saturated heterocycles. The van der Waals surface area contributed by atoms with Gasteiger partial charge >= 0.3 is 11.9 Å². The molecule has 0 aliphatic carbocycles. The zero-order valence-corrected chi connectivity index (χ0v) is 9.90. The second-order valence-corrected chi connectivity index (χ2v) is 4.27. The second kappa shape index (κ2) is 3.90. The molecular weight excluding hydrogens is 212 g/mol. The van der Waals surface area contributed by atoms with Crippen LogP contribution in [0, 0.1) is 5.41 Å². The summed E-state index contributed by atoms with van der Waals surface area (Å²) in [6.45, 7) is 7.93. The summed E-state index contributed by atoms with van der Waals surface area (Å²) < 4.78 is 15.1. The van der Waals surface area contributed by atoms with Crippen molar-refractivity contribution in [2.24, 2.45) is 5.41 Å². The fourth-order valence-electron chi connectivity index (χ4n) is 1.56. The van der Waals surface area contributed by atoms with E-state index in [0.717, 1.165) is 0 Å². The minimum atomic E-state index is -1.49. The van der Waals surface area contributed by atoms with Crippen LogP contribution in [0.5, 0.6) is 0 Å². The minimum Gasteiger partial charge on any atom is -0.422 e. The number of ether oxygens (including phenoxy) is 3. The van der Waals surface area contributed by atoms with Crippen molar-refractivity contribution in [3.05, 3.63) is 12.7 Å². The number of rotatable bonds is 3. The van der Waals surface area contributed by atoms with Crippen molar-refractivity contribution in [3.8, 4) is 0 Å². The zero-order chi connectivity index (χ0) is 12.6. The molecule has 1 fully saturated rings. The summed E-state index contributed by atoms with van der Waals surface area (Å²) in [5.74, 6) is -2.56. The molecule has 0 aromatic carbocycles. The Morgan fingerprint density at radius 2 is 1.69 bits per heavy atom. The molecule has 1 aliphatic heterocycles. The molecule has 5 heteroatoms. The quantitative estimate of drug-likeness (QED) is 0.410. The normalized spacial score (nSPS) is 24.2. The van der Waals surface area contributed by atoms with Gasteiger partial charge in [-0.3, -0.25) is 9.59 Å². The van der Waals surface area contributed by atoms with Gasteiger partial charge in [-0.25, -0.2) is 0 Å². The molecule has 90 valence electrons. The number of hydrogen-bond acceptors (Lipinski definition) is 5. The molecule has 0 amide bonds. The van der Waals surface area contributed by atoms with E-state index in [4.69, 9.17) is 14.2 Å². The number of hydrogen-bond donors (Lipinski definition) is 0. The van der Waals surface area contributed by atoms with Crippen molar-refractivity contribution in [2.45, 2.75) is 32.7 Å². The molecule has 1 aliphatic rings. The molecule has 1 atom stereocenters.